The minimum absolute atomic E-state index is 0.429. The molecule has 0 atom stereocenters. The third-order valence-electron chi connectivity index (χ3n) is 13.3. The Morgan fingerprint density at radius 2 is 1.26 bits per heavy atom. The monoisotopic (exact) mass is 778 g/mol. The first-order valence-electron chi connectivity index (χ1n) is 21.9. The van der Waals surface area contributed by atoms with Crippen LogP contribution in [0.2, 0.25) is 0 Å². The number of unbranched alkanes of at least 4 members (excludes halogenated alkanes) is 1. The third kappa shape index (κ3) is 8.75. The summed E-state index contributed by atoms with van der Waals surface area (Å²) in [5.41, 5.74) is 13.5. The first kappa shape index (κ1) is 39.9. The zero-order valence-electron chi connectivity index (χ0n) is 35.4. The highest BCUT2D eigenvalue weighted by Crippen LogP contribution is 2.47. The van der Waals surface area contributed by atoms with Gasteiger partial charge in [-0.2, -0.15) is 0 Å². The Balaban J connectivity index is 1.000. The second-order valence-electron chi connectivity index (χ2n) is 17.0. The average Bonchev–Trinajstić information content (AvgIpc) is 3.22. The van der Waals surface area contributed by atoms with E-state index in [0.717, 1.165) is 85.2 Å². The summed E-state index contributed by atoms with van der Waals surface area (Å²) in [6.07, 6.45) is 17.2. The van der Waals surface area contributed by atoms with Crippen molar-refractivity contribution in [1.29, 1.82) is 0 Å². The number of hydrogen-bond donors (Lipinski definition) is 0. The summed E-state index contributed by atoms with van der Waals surface area (Å²) in [5, 5.41) is 0. The van der Waals surface area contributed by atoms with Gasteiger partial charge in [0, 0.05) is 67.0 Å². The van der Waals surface area contributed by atoms with Gasteiger partial charge in [0.15, 0.2) is 11.5 Å². The molecule has 0 spiro atoms. The molecule has 0 bridgehead atoms. The number of methoxy groups -OCH3 is 3. The summed E-state index contributed by atoms with van der Waals surface area (Å²) >= 11 is 0. The number of pyridine rings is 2. The van der Waals surface area contributed by atoms with Gasteiger partial charge in [0.05, 0.1) is 32.7 Å². The second-order valence-corrected chi connectivity index (χ2v) is 17.0. The maximum absolute atomic E-state index is 5.87. The number of anilines is 1. The Morgan fingerprint density at radius 3 is 1.86 bits per heavy atom. The Kier molecular flexibility index (Phi) is 12.6. The predicted molar refractivity (Wildman–Crippen MR) is 236 cm³/mol. The molecule has 1 aliphatic heterocycles. The molecule has 0 unspecified atom stereocenters. The van der Waals surface area contributed by atoms with Crippen molar-refractivity contribution in [2.24, 2.45) is 0 Å². The van der Waals surface area contributed by atoms with Crippen LogP contribution in [-0.2, 0) is 19.5 Å². The molecule has 2 saturated carbocycles. The van der Waals surface area contributed by atoms with Crippen LogP contribution in [0, 0.1) is 6.92 Å². The van der Waals surface area contributed by atoms with Gasteiger partial charge in [0.1, 0.15) is 5.75 Å². The van der Waals surface area contributed by atoms with Crippen LogP contribution in [0.25, 0.3) is 22.5 Å². The first-order valence-corrected chi connectivity index (χ1v) is 21.9. The molecule has 3 aromatic carbocycles. The van der Waals surface area contributed by atoms with Crippen LogP contribution in [-0.4, -0.2) is 55.3 Å². The van der Waals surface area contributed by atoms with Gasteiger partial charge in [0.2, 0.25) is 0 Å². The van der Waals surface area contributed by atoms with Crippen LogP contribution < -0.4 is 19.1 Å². The lowest BCUT2D eigenvalue weighted by atomic mass is 9.77. The highest BCUT2D eigenvalue weighted by molar-refractivity contribution is 5.68. The summed E-state index contributed by atoms with van der Waals surface area (Å²) in [7, 11) is 5.26. The zero-order chi connectivity index (χ0) is 40.0. The van der Waals surface area contributed by atoms with Gasteiger partial charge in [0.25, 0.3) is 0 Å². The van der Waals surface area contributed by atoms with E-state index in [1.54, 1.807) is 21.3 Å². The van der Waals surface area contributed by atoms with E-state index in [-0.39, 0.29) is 0 Å². The van der Waals surface area contributed by atoms with E-state index in [0.29, 0.717) is 17.9 Å². The quantitative estimate of drug-likeness (QED) is 0.0988. The number of hydrogen-bond acceptors (Lipinski definition) is 7. The molecule has 2 aliphatic carbocycles. The van der Waals surface area contributed by atoms with E-state index >= 15 is 0 Å². The summed E-state index contributed by atoms with van der Waals surface area (Å²) in [6.45, 7) is 8.32. The second kappa shape index (κ2) is 18.4. The van der Waals surface area contributed by atoms with E-state index in [1.165, 1.54) is 90.4 Å². The van der Waals surface area contributed by atoms with Crippen LogP contribution in [0.5, 0.6) is 17.2 Å². The topological polar surface area (TPSA) is 60.0 Å². The minimum Gasteiger partial charge on any atom is -0.496 e. The van der Waals surface area contributed by atoms with Gasteiger partial charge in [-0.1, -0.05) is 38.3 Å². The number of nitrogens with zero attached hydrogens (tertiary/aromatic N) is 4. The molecule has 0 N–H and O–H groups in total. The third-order valence-corrected chi connectivity index (χ3v) is 13.3. The number of likely N-dealkylation sites (tertiary alicyclic amines) is 1. The fraction of sp³-hybridized carbons (Fsp3) is 0.451. The van der Waals surface area contributed by atoms with Gasteiger partial charge in [-0.25, -0.2) is 0 Å². The molecule has 8 rings (SSSR count). The lowest BCUT2D eigenvalue weighted by Gasteiger charge is -2.40. The number of rotatable bonds is 16. The Bertz CT molecular complexity index is 2150. The molecule has 0 radical (unpaired) electrons. The molecule has 5 aromatic rings. The van der Waals surface area contributed by atoms with Crippen molar-refractivity contribution < 1.29 is 14.2 Å². The number of benzene rings is 3. The highest BCUT2D eigenvalue weighted by Gasteiger charge is 2.28. The maximum atomic E-state index is 5.87. The average molecular weight is 779 g/mol. The van der Waals surface area contributed by atoms with Gasteiger partial charge in [-0.3, -0.25) is 14.9 Å². The Hall–Kier alpha value is -4.88. The lowest BCUT2D eigenvalue weighted by molar-refractivity contribution is 0.201. The molecule has 3 fully saturated rings. The Morgan fingerprint density at radius 1 is 0.655 bits per heavy atom. The van der Waals surface area contributed by atoms with Crippen molar-refractivity contribution in [3.05, 3.63) is 119 Å². The van der Waals surface area contributed by atoms with E-state index in [1.807, 2.05) is 12.4 Å². The lowest BCUT2D eigenvalue weighted by Crippen LogP contribution is -2.44. The van der Waals surface area contributed by atoms with E-state index < -0.39 is 0 Å². The van der Waals surface area contributed by atoms with E-state index in [4.69, 9.17) is 24.2 Å². The smallest absolute Gasteiger partial charge is 0.164 e. The molecule has 7 heteroatoms. The number of piperidine rings is 1. The molecule has 0 amide bonds. The fourth-order valence-corrected chi connectivity index (χ4v) is 9.35. The van der Waals surface area contributed by atoms with Crippen LogP contribution in [0.1, 0.15) is 116 Å². The number of aryl methyl sites for hydroxylation is 1. The standard InChI is InChI=1S/C51H62N4O3/c1-6-7-10-36-15-17-43(18-16-36)55(34-38-20-24-53-48(28-38)42-30-46(40-13-9-14-40)51(58-5)50(32-42)57-4)44-21-25-54(26-22-44)33-37-19-23-52-47(27-37)41-29-45(39-11-8-12-39)35(2)49(31-41)56-3/h15-20,23-24,27-32,39-40,44H,6-14,21-22,25-26,33-34H2,1-5H3. The minimum atomic E-state index is 0.429. The molecule has 304 valence electrons. The summed E-state index contributed by atoms with van der Waals surface area (Å²) in [6, 6.07) is 27.7. The van der Waals surface area contributed by atoms with Crippen LogP contribution in [0.3, 0.4) is 0 Å². The molecule has 1 saturated heterocycles. The van der Waals surface area contributed by atoms with Crippen molar-refractivity contribution in [1.82, 2.24) is 14.9 Å². The fourth-order valence-electron chi connectivity index (χ4n) is 9.35. The van der Waals surface area contributed by atoms with Gasteiger partial charge >= 0.3 is 0 Å². The van der Waals surface area contributed by atoms with Crippen molar-refractivity contribution in [2.45, 2.75) is 115 Å². The first-order chi connectivity index (χ1) is 28.4. The largest absolute Gasteiger partial charge is 0.496 e. The molecular weight excluding hydrogens is 717 g/mol. The van der Waals surface area contributed by atoms with Crippen molar-refractivity contribution >= 4 is 5.69 Å². The number of aromatic nitrogens is 2. The summed E-state index contributed by atoms with van der Waals surface area (Å²) < 4.78 is 17.6. The SMILES string of the molecule is CCCCc1ccc(N(Cc2ccnc(-c3cc(OC)c(OC)c(C4CCC4)c3)c2)C2CCN(Cc3ccnc(-c4cc(OC)c(C)c(C5CCC5)c4)c3)CC2)cc1. The van der Waals surface area contributed by atoms with Crippen LogP contribution in [0.15, 0.2) is 85.2 Å². The van der Waals surface area contributed by atoms with Crippen molar-refractivity contribution in [3.63, 3.8) is 0 Å². The summed E-state index contributed by atoms with van der Waals surface area (Å²) in [4.78, 5) is 15.0. The summed E-state index contributed by atoms with van der Waals surface area (Å²) in [5.74, 6) is 3.76. The number of ether oxygens (including phenoxy) is 3. The normalized spacial score (nSPS) is 16.4. The molecule has 7 nitrogen and oxygen atoms in total. The van der Waals surface area contributed by atoms with Gasteiger partial charge in [-0.05, 0) is 159 Å². The van der Waals surface area contributed by atoms with Crippen LogP contribution in [0.4, 0.5) is 5.69 Å². The Labute approximate surface area is 346 Å². The maximum Gasteiger partial charge on any atom is 0.164 e. The molecule has 3 aliphatic rings. The van der Waals surface area contributed by atoms with Gasteiger partial charge < -0.3 is 19.1 Å². The van der Waals surface area contributed by atoms with Crippen molar-refractivity contribution in [2.75, 3.05) is 39.3 Å². The van der Waals surface area contributed by atoms with Crippen molar-refractivity contribution in [3.8, 4) is 39.8 Å². The molecule has 3 heterocycles. The molecular formula is C51H62N4O3. The van der Waals surface area contributed by atoms with Crippen LogP contribution >= 0.6 is 0 Å². The predicted octanol–water partition coefficient (Wildman–Crippen LogP) is 11.7. The molecule has 58 heavy (non-hydrogen) atoms. The highest BCUT2D eigenvalue weighted by atomic mass is 16.5. The van der Waals surface area contributed by atoms with E-state index in [9.17, 15) is 0 Å². The molecule has 2 aromatic heterocycles. The van der Waals surface area contributed by atoms with E-state index in [2.05, 4.69) is 96.4 Å². The van der Waals surface area contributed by atoms with Gasteiger partial charge in [-0.15, -0.1) is 0 Å². The zero-order valence-corrected chi connectivity index (χ0v) is 35.4.